The lowest BCUT2D eigenvalue weighted by atomic mass is 10.0. The van der Waals surface area contributed by atoms with E-state index in [0.29, 0.717) is 12.0 Å². The van der Waals surface area contributed by atoms with E-state index >= 15 is 0 Å². The summed E-state index contributed by atoms with van der Waals surface area (Å²) in [5, 5.41) is 0. The summed E-state index contributed by atoms with van der Waals surface area (Å²) in [6, 6.07) is 20.1. The van der Waals surface area contributed by atoms with Crippen LogP contribution in [-0.4, -0.2) is 10.4 Å². The van der Waals surface area contributed by atoms with Gasteiger partial charge in [0.1, 0.15) is 0 Å². The number of allylic oxidation sites excluding steroid dienone is 1. The van der Waals surface area contributed by atoms with Gasteiger partial charge < -0.3 is 4.57 Å². The fraction of sp³-hybridized carbons (Fsp3) is 0.160. The van der Waals surface area contributed by atoms with Gasteiger partial charge in [-0.1, -0.05) is 48.4 Å². The Morgan fingerprint density at radius 2 is 1.78 bits per heavy atom. The van der Waals surface area contributed by atoms with E-state index in [0.717, 1.165) is 28.2 Å². The van der Waals surface area contributed by atoms with Crippen molar-refractivity contribution >= 4 is 11.9 Å². The first-order valence-corrected chi connectivity index (χ1v) is 9.01. The van der Waals surface area contributed by atoms with Gasteiger partial charge in [0.25, 0.3) is 0 Å². The highest BCUT2D eigenvalue weighted by Crippen LogP contribution is 2.23. The van der Waals surface area contributed by atoms with Crippen molar-refractivity contribution in [3.05, 3.63) is 94.3 Å². The molecule has 0 saturated heterocycles. The van der Waals surface area contributed by atoms with Crippen LogP contribution >= 0.6 is 0 Å². The molecule has 0 amide bonds. The van der Waals surface area contributed by atoms with Gasteiger partial charge in [0, 0.05) is 23.5 Å². The molecule has 0 radical (unpaired) electrons. The summed E-state index contributed by atoms with van der Waals surface area (Å²) in [6.07, 6.45) is 7.80. The summed E-state index contributed by atoms with van der Waals surface area (Å²) in [4.78, 5) is 12.6. The molecule has 0 aliphatic heterocycles. The summed E-state index contributed by atoms with van der Waals surface area (Å²) in [6.45, 7) is 6.20. The van der Waals surface area contributed by atoms with Crippen LogP contribution in [0.15, 0.2) is 66.2 Å². The minimum atomic E-state index is -0.0379. The molecular weight excluding hydrogens is 330 g/mol. The highest BCUT2D eigenvalue weighted by Gasteiger charge is 2.13. The van der Waals surface area contributed by atoms with E-state index in [-0.39, 0.29) is 5.78 Å². The Kier molecular flexibility index (Phi) is 5.43. The molecule has 0 bridgehead atoms. The van der Waals surface area contributed by atoms with Gasteiger partial charge in [-0.15, -0.1) is 6.42 Å². The van der Waals surface area contributed by atoms with Crippen LogP contribution in [0.5, 0.6) is 0 Å². The second-order valence-electron chi connectivity index (χ2n) is 6.79. The Balaban J connectivity index is 1.95. The monoisotopic (exact) mass is 353 g/mol. The number of hydrogen-bond acceptors (Lipinski definition) is 1. The summed E-state index contributed by atoms with van der Waals surface area (Å²) in [5.41, 5.74) is 6.84. The molecule has 0 N–H and O–H groups in total. The summed E-state index contributed by atoms with van der Waals surface area (Å²) in [7, 11) is 0. The topological polar surface area (TPSA) is 22.0 Å². The number of carbonyl (C=O) groups is 1. The fourth-order valence-electron chi connectivity index (χ4n) is 3.33. The van der Waals surface area contributed by atoms with Crippen LogP contribution in [0.2, 0.25) is 0 Å². The van der Waals surface area contributed by atoms with Crippen LogP contribution in [-0.2, 0) is 11.2 Å². The van der Waals surface area contributed by atoms with E-state index in [1.807, 2.05) is 36.4 Å². The van der Waals surface area contributed by atoms with E-state index in [9.17, 15) is 4.79 Å². The van der Waals surface area contributed by atoms with E-state index < -0.39 is 0 Å². The third-order valence-corrected chi connectivity index (χ3v) is 4.69. The number of rotatable bonds is 5. The maximum Gasteiger partial charge on any atom is 0.175 e. The summed E-state index contributed by atoms with van der Waals surface area (Å²) >= 11 is 0. The molecule has 3 aromatic rings. The van der Waals surface area contributed by atoms with Crippen LogP contribution in [0, 0.1) is 33.1 Å². The molecule has 2 heteroatoms. The van der Waals surface area contributed by atoms with Crippen molar-refractivity contribution in [1.29, 1.82) is 0 Å². The Bertz CT molecular complexity index is 1050. The van der Waals surface area contributed by atoms with Gasteiger partial charge in [-0.2, -0.15) is 0 Å². The van der Waals surface area contributed by atoms with Gasteiger partial charge in [-0.25, -0.2) is 0 Å². The number of carbonyl (C=O) groups excluding carboxylic acids is 1. The Morgan fingerprint density at radius 3 is 2.44 bits per heavy atom. The van der Waals surface area contributed by atoms with Crippen molar-refractivity contribution in [2.75, 3.05) is 0 Å². The van der Waals surface area contributed by atoms with Crippen molar-refractivity contribution in [3.8, 4) is 18.0 Å². The number of nitrogens with zero attached hydrogens (tertiary/aromatic N) is 1. The quantitative estimate of drug-likeness (QED) is 0.455. The zero-order valence-electron chi connectivity index (χ0n) is 16.0. The van der Waals surface area contributed by atoms with Crippen LogP contribution in [0.4, 0.5) is 0 Å². The maximum atomic E-state index is 12.6. The van der Waals surface area contributed by atoms with Crippen LogP contribution in [0.25, 0.3) is 11.8 Å². The molecule has 0 aliphatic rings. The largest absolute Gasteiger partial charge is 0.318 e. The molecule has 0 saturated carbocycles. The molecule has 0 aliphatic carbocycles. The number of hydrogen-bond donors (Lipinski definition) is 0. The molecule has 27 heavy (non-hydrogen) atoms. The van der Waals surface area contributed by atoms with E-state index in [1.165, 1.54) is 5.56 Å². The normalized spacial score (nSPS) is 11.3. The smallest absolute Gasteiger partial charge is 0.175 e. The molecule has 1 heterocycles. The van der Waals surface area contributed by atoms with E-state index in [1.54, 1.807) is 0 Å². The van der Waals surface area contributed by atoms with Crippen molar-refractivity contribution in [1.82, 2.24) is 4.57 Å². The molecule has 3 rings (SSSR count). The maximum absolute atomic E-state index is 12.6. The second kappa shape index (κ2) is 7.93. The van der Waals surface area contributed by atoms with Gasteiger partial charge in [0.15, 0.2) is 5.78 Å². The van der Waals surface area contributed by atoms with Crippen LogP contribution in [0.3, 0.4) is 0 Å². The van der Waals surface area contributed by atoms with Gasteiger partial charge in [0.05, 0.1) is 5.57 Å². The molecule has 0 fully saturated rings. The van der Waals surface area contributed by atoms with Crippen molar-refractivity contribution < 1.29 is 4.79 Å². The Morgan fingerprint density at radius 1 is 1.04 bits per heavy atom. The first-order chi connectivity index (χ1) is 13.0. The number of ketones is 1. The third-order valence-electron chi connectivity index (χ3n) is 4.69. The average Bonchev–Trinajstić information content (AvgIpc) is 2.93. The molecular formula is C25H23NO. The van der Waals surface area contributed by atoms with Gasteiger partial charge in [-0.3, -0.25) is 4.79 Å². The first kappa shape index (κ1) is 18.5. The van der Waals surface area contributed by atoms with Crippen LogP contribution < -0.4 is 0 Å². The molecule has 2 aromatic carbocycles. The number of benzene rings is 2. The fourth-order valence-corrected chi connectivity index (χ4v) is 3.33. The zero-order chi connectivity index (χ0) is 19.4. The number of terminal acetylenes is 1. The predicted molar refractivity (Wildman–Crippen MR) is 112 cm³/mol. The van der Waals surface area contributed by atoms with E-state index in [2.05, 4.69) is 61.6 Å². The highest BCUT2D eigenvalue weighted by molar-refractivity contribution is 6.04. The first-order valence-electron chi connectivity index (χ1n) is 9.01. The van der Waals surface area contributed by atoms with Crippen molar-refractivity contribution in [2.24, 2.45) is 0 Å². The highest BCUT2D eigenvalue weighted by atomic mass is 16.1. The van der Waals surface area contributed by atoms with Crippen molar-refractivity contribution in [2.45, 2.75) is 27.2 Å². The van der Waals surface area contributed by atoms with Gasteiger partial charge in [0.2, 0.25) is 0 Å². The molecule has 0 spiro atoms. The van der Waals surface area contributed by atoms with Gasteiger partial charge >= 0.3 is 0 Å². The average molecular weight is 353 g/mol. The lowest BCUT2D eigenvalue weighted by molar-refractivity contribution is -0.114. The standard InChI is InChI=1S/C25H23NO/c1-5-22(25(27)16-21-11-7-6-8-12-21)17-23-15-19(3)26(20(23)4)24-13-9-10-18(2)14-24/h1,6-15,17H,16H2,2-4H3/b22-17+. The molecule has 0 atom stereocenters. The molecule has 2 nitrogen and oxygen atoms in total. The minimum Gasteiger partial charge on any atom is -0.318 e. The second-order valence-corrected chi connectivity index (χ2v) is 6.79. The van der Waals surface area contributed by atoms with E-state index in [4.69, 9.17) is 6.42 Å². The van der Waals surface area contributed by atoms with Gasteiger partial charge in [-0.05, 0) is 61.7 Å². The summed E-state index contributed by atoms with van der Waals surface area (Å²) < 4.78 is 2.19. The predicted octanol–water partition coefficient (Wildman–Crippen LogP) is 5.23. The van der Waals surface area contributed by atoms with Crippen molar-refractivity contribution in [3.63, 3.8) is 0 Å². The molecule has 134 valence electrons. The molecule has 1 aromatic heterocycles. The zero-order valence-corrected chi connectivity index (χ0v) is 16.0. The lowest BCUT2D eigenvalue weighted by Gasteiger charge is -2.10. The number of aryl methyl sites for hydroxylation is 2. The Hall–Kier alpha value is -3.31. The lowest BCUT2D eigenvalue weighted by Crippen LogP contribution is -2.05. The Labute approximate surface area is 161 Å². The summed E-state index contributed by atoms with van der Waals surface area (Å²) in [5.74, 6) is 2.54. The number of Topliss-reactive ketones (excluding diaryl/α,β-unsaturated/α-hetero) is 1. The third kappa shape index (κ3) is 4.10. The SMILES string of the molecule is C#C/C(=C\c1cc(C)n(-c2cccc(C)c2)c1C)C(=O)Cc1ccccc1. The van der Waals surface area contributed by atoms with Crippen LogP contribution in [0.1, 0.15) is 28.1 Å². The molecule has 0 unspecified atom stereocenters. The minimum absolute atomic E-state index is 0.0379. The number of aromatic nitrogens is 1.